The van der Waals surface area contributed by atoms with E-state index in [1.807, 2.05) is 55.5 Å². The molecule has 12 heteroatoms. The molecule has 7 heterocycles. The van der Waals surface area contributed by atoms with Gasteiger partial charge in [0.15, 0.2) is 23.1 Å². The quantitative estimate of drug-likeness (QED) is 0.187. The van der Waals surface area contributed by atoms with Crippen molar-refractivity contribution in [1.82, 2.24) is 29.9 Å². The van der Waals surface area contributed by atoms with Gasteiger partial charge in [-0.05, 0) is 67.9 Å². The molecule has 1 aliphatic heterocycles. The molecule has 9 nitrogen and oxygen atoms in total. The molecule has 0 saturated carbocycles. The molecule has 0 unspecified atom stereocenters. The molecule has 0 spiro atoms. The molecule has 0 saturated heterocycles. The molecule has 0 amide bonds. The zero-order valence-electron chi connectivity index (χ0n) is 23.6. The summed E-state index contributed by atoms with van der Waals surface area (Å²) in [6.07, 6.45) is 6.98. The van der Waals surface area contributed by atoms with Crippen LogP contribution in [0.3, 0.4) is 0 Å². The molecule has 8 rings (SSSR count). The minimum atomic E-state index is 0.279. The number of nitrogens with zero attached hydrogens (tertiary/aromatic N) is 6. The van der Waals surface area contributed by atoms with Gasteiger partial charge in [-0.25, -0.2) is 19.9 Å². The van der Waals surface area contributed by atoms with Crippen molar-refractivity contribution in [3.05, 3.63) is 99.9 Å². The Kier molecular flexibility index (Phi) is 7.73. The maximum absolute atomic E-state index is 6.16. The third-order valence-corrected chi connectivity index (χ3v) is 8.90. The van der Waals surface area contributed by atoms with Crippen LogP contribution in [0.15, 0.2) is 79.4 Å². The first-order valence-electron chi connectivity index (χ1n) is 13.7. The van der Waals surface area contributed by atoms with Crippen LogP contribution in [0.2, 0.25) is 5.15 Å². The molecular formula is C32H24ClN7O2S2. The fourth-order valence-electron chi connectivity index (χ4n) is 4.67. The summed E-state index contributed by atoms with van der Waals surface area (Å²) in [5, 5.41) is 5.91. The van der Waals surface area contributed by atoms with E-state index in [0.29, 0.717) is 23.3 Å². The summed E-state index contributed by atoms with van der Waals surface area (Å²) in [7, 11) is 0. The number of rotatable bonds is 5. The fraction of sp³-hybridized carbons (Fsp3) is 0.125. The van der Waals surface area contributed by atoms with Crippen LogP contribution in [0.4, 0.5) is 5.82 Å². The molecule has 1 N–H and O–H groups in total. The van der Waals surface area contributed by atoms with Crippen LogP contribution < -0.4 is 14.8 Å². The summed E-state index contributed by atoms with van der Waals surface area (Å²) in [6, 6.07) is 17.7. The van der Waals surface area contributed by atoms with Crippen LogP contribution in [-0.4, -0.2) is 36.7 Å². The van der Waals surface area contributed by atoms with Crippen LogP contribution in [0, 0.1) is 13.8 Å². The maximum atomic E-state index is 6.16. The number of pyridine rings is 2. The molecule has 0 aliphatic carbocycles. The van der Waals surface area contributed by atoms with Gasteiger partial charge in [-0.3, -0.25) is 9.97 Å². The molecule has 218 valence electrons. The summed E-state index contributed by atoms with van der Waals surface area (Å²) < 4.78 is 10.8. The van der Waals surface area contributed by atoms with Gasteiger partial charge in [0, 0.05) is 57.6 Å². The first kappa shape index (κ1) is 28.1. The van der Waals surface area contributed by atoms with Gasteiger partial charge >= 0.3 is 0 Å². The highest BCUT2D eigenvalue weighted by Gasteiger charge is 2.15. The Bertz CT molecular complexity index is 2100. The van der Waals surface area contributed by atoms with Crippen molar-refractivity contribution >= 4 is 60.5 Å². The standard InChI is InChI=1S/C20H16N4O2S.C12H8ClN3S/c1-12-7-15-19(22-9-13-4-5-16-17(8-13)26-11-25-16)23-18(24-20(15)27-12)14-3-2-6-21-10-14;1-7-5-9-10(13)15-11(16-12(9)17-7)8-3-2-4-14-6-8/h2-8,10H,9,11H2,1H3,(H,22,23,24);2-6H,1H3. The molecule has 44 heavy (non-hydrogen) atoms. The van der Waals surface area contributed by atoms with Gasteiger partial charge in [-0.2, -0.15) is 0 Å². The summed E-state index contributed by atoms with van der Waals surface area (Å²) in [5.74, 6) is 3.68. The van der Waals surface area contributed by atoms with Crippen LogP contribution in [0.5, 0.6) is 11.5 Å². The highest BCUT2D eigenvalue weighted by molar-refractivity contribution is 7.19. The highest BCUT2D eigenvalue weighted by atomic mass is 35.5. The van der Waals surface area contributed by atoms with Crippen molar-refractivity contribution in [2.45, 2.75) is 20.4 Å². The number of ether oxygens (including phenoxy) is 2. The van der Waals surface area contributed by atoms with Gasteiger partial charge < -0.3 is 14.8 Å². The second kappa shape index (κ2) is 12.1. The lowest BCUT2D eigenvalue weighted by Gasteiger charge is -2.09. The number of anilines is 1. The monoisotopic (exact) mass is 637 g/mol. The average Bonchev–Trinajstić information content (AvgIpc) is 3.78. The van der Waals surface area contributed by atoms with Crippen LogP contribution in [0.1, 0.15) is 15.3 Å². The SMILES string of the molecule is Cc1cc2c(Cl)nc(-c3cccnc3)nc2s1.Cc1cc2c(NCc3ccc4c(c3)OCO4)nc(-c3cccnc3)nc2s1. The van der Waals surface area contributed by atoms with Crippen LogP contribution >= 0.6 is 34.3 Å². The van der Waals surface area contributed by atoms with E-state index in [1.54, 1.807) is 47.5 Å². The van der Waals surface area contributed by atoms with Gasteiger partial charge in [0.25, 0.3) is 0 Å². The molecule has 6 aromatic heterocycles. The van der Waals surface area contributed by atoms with E-state index in [1.165, 1.54) is 9.75 Å². The number of nitrogens with one attached hydrogen (secondary N) is 1. The first-order chi connectivity index (χ1) is 21.5. The lowest BCUT2D eigenvalue weighted by molar-refractivity contribution is 0.174. The van der Waals surface area contributed by atoms with Crippen molar-refractivity contribution in [2.75, 3.05) is 12.1 Å². The number of hydrogen-bond acceptors (Lipinski definition) is 11. The summed E-state index contributed by atoms with van der Waals surface area (Å²) in [4.78, 5) is 30.8. The van der Waals surface area contributed by atoms with Crippen molar-refractivity contribution in [1.29, 1.82) is 0 Å². The Morgan fingerprint density at radius 2 is 1.39 bits per heavy atom. The van der Waals surface area contributed by atoms with E-state index < -0.39 is 0 Å². The predicted molar refractivity (Wildman–Crippen MR) is 176 cm³/mol. The van der Waals surface area contributed by atoms with Crippen LogP contribution in [-0.2, 0) is 6.54 Å². The topological polar surface area (TPSA) is 108 Å². The number of fused-ring (bicyclic) bond motifs is 3. The largest absolute Gasteiger partial charge is 0.454 e. The van der Waals surface area contributed by atoms with E-state index in [2.05, 4.69) is 38.2 Å². The number of aryl methyl sites for hydroxylation is 2. The third kappa shape index (κ3) is 5.89. The second-order valence-corrected chi connectivity index (χ2v) is 12.7. The predicted octanol–water partition coefficient (Wildman–Crippen LogP) is 8.12. The minimum absolute atomic E-state index is 0.279. The number of thiophene rings is 2. The zero-order chi connectivity index (χ0) is 30.0. The van der Waals surface area contributed by atoms with E-state index in [-0.39, 0.29) is 6.79 Å². The molecule has 0 fully saturated rings. The summed E-state index contributed by atoms with van der Waals surface area (Å²) in [5.41, 5.74) is 2.87. The van der Waals surface area contributed by atoms with Crippen molar-refractivity contribution in [2.24, 2.45) is 0 Å². The zero-order valence-corrected chi connectivity index (χ0v) is 26.0. The van der Waals surface area contributed by atoms with Crippen molar-refractivity contribution in [3.8, 4) is 34.3 Å². The van der Waals surface area contributed by atoms with E-state index >= 15 is 0 Å². The lowest BCUT2D eigenvalue weighted by Crippen LogP contribution is -2.03. The smallest absolute Gasteiger partial charge is 0.231 e. The van der Waals surface area contributed by atoms with Gasteiger partial charge in [0.1, 0.15) is 20.6 Å². The Morgan fingerprint density at radius 1 is 0.750 bits per heavy atom. The van der Waals surface area contributed by atoms with E-state index in [0.717, 1.165) is 54.4 Å². The van der Waals surface area contributed by atoms with Crippen molar-refractivity contribution in [3.63, 3.8) is 0 Å². The van der Waals surface area contributed by atoms with Gasteiger partial charge in [-0.15, -0.1) is 22.7 Å². The second-order valence-electron chi connectivity index (χ2n) is 9.91. The molecule has 0 atom stereocenters. The molecular weight excluding hydrogens is 614 g/mol. The Labute approximate surface area is 265 Å². The van der Waals surface area contributed by atoms with Gasteiger partial charge in [0.2, 0.25) is 6.79 Å². The number of halogens is 1. The molecule has 1 aliphatic rings. The lowest BCUT2D eigenvalue weighted by atomic mass is 10.2. The molecule has 0 bridgehead atoms. The Morgan fingerprint density at radius 3 is 2.07 bits per heavy atom. The molecule has 0 radical (unpaired) electrons. The number of hydrogen-bond donors (Lipinski definition) is 1. The first-order valence-corrected chi connectivity index (χ1v) is 15.7. The maximum Gasteiger partial charge on any atom is 0.231 e. The normalized spacial score (nSPS) is 11.9. The number of aromatic nitrogens is 6. The van der Waals surface area contributed by atoms with E-state index in [9.17, 15) is 0 Å². The summed E-state index contributed by atoms with van der Waals surface area (Å²) >= 11 is 9.44. The Balaban J connectivity index is 0.000000158. The Hall–Kier alpha value is -4.71. The third-order valence-electron chi connectivity index (χ3n) is 6.72. The summed E-state index contributed by atoms with van der Waals surface area (Å²) in [6.45, 7) is 5.02. The minimum Gasteiger partial charge on any atom is -0.454 e. The highest BCUT2D eigenvalue weighted by Crippen LogP contribution is 2.34. The molecule has 1 aromatic carbocycles. The molecule has 7 aromatic rings. The van der Waals surface area contributed by atoms with Crippen LogP contribution in [0.25, 0.3) is 43.2 Å². The number of benzene rings is 1. The van der Waals surface area contributed by atoms with Gasteiger partial charge in [0.05, 0.1) is 5.39 Å². The fourth-order valence-corrected chi connectivity index (χ4v) is 6.71. The van der Waals surface area contributed by atoms with Crippen molar-refractivity contribution < 1.29 is 9.47 Å². The van der Waals surface area contributed by atoms with Gasteiger partial charge in [-0.1, -0.05) is 17.7 Å². The average molecular weight is 638 g/mol. The van der Waals surface area contributed by atoms with E-state index in [4.69, 9.17) is 31.0 Å².